The summed E-state index contributed by atoms with van der Waals surface area (Å²) < 4.78 is 14.4. The number of piperazine rings is 1. The number of hydrogen-bond acceptors (Lipinski definition) is 7. The maximum Gasteiger partial charge on any atom is 0.350 e. The summed E-state index contributed by atoms with van der Waals surface area (Å²) in [6.45, 7) is 9.45. The van der Waals surface area contributed by atoms with Gasteiger partial charge in [0.05, 0.1) is 24.4 Å². The van der Waals surface area contributed by atoms with Crippen LogP contribution in [0, 0.1) is 0 Å². The zero-order valence-electron chi connectivity index (χ0n) is 23.8. The number of rotatable bonds is 10. The Labute approximate surface area is 240 Å². The van der Waals surface area contributed by atoms with Crippen LogP contribution in [0.15, 0.2) is 90.0 Å². The largest absolute Gasteiger partial charge is 0.427 e. The third-order valence-electron chi connectivity index (χ3n) is 7.56. The Kier molecular flexibility index (Phi) is 8.84. The van der Waals surface area contributed by atoms with Gasteiger partial charge in [-0.05, 0) is 67.4 Å². The Balaban J connectivity index is 1.20. The fourth-order valence-corrected chi connectivity index (χ4v) is 5.28. The fraction of sp³-hybridized carbons (Fsp3) is 0.344. The molecule has 2 atom stereocenters. The van der Waals surface area contributed by atoms with Crippen molar-refractivity contribution in [2.24, 2.45) is 0 Å². The van der Waals surface area contributed by atoms with E-state index in [1.807, 2.05) is 80.6 Å². The molecule has 1 saturated heterocycles. The molecule has 0 amide bonds. The molecule has 0 N–H and O–H groups in total. The highest BCUT2D eigenvalue weighted by Gasteiger charge is 2.23. The third kappa shape index (κ3) is 6.69. The molecular formula is C32H37N5O4. The van der Waals surface area contributed by atoms with Gasteiger partial charge in [-0.15, -0.1) is 0 Å². The van der Waals surface area contributed by atoms with E-state index in [9.17, 15) is 9.59 Å². The summed E-state index contributed by atoms with van der Waals surface area (Å²) in [5, 5.41) is 4.45. The molecule has 3 aromatic carbocycles. The van der Waals surface area contributed by atoms with Crippen molar-refractivity contribution in [1.29, 1.82) is 0 Å². The SMILES string of the molecule is CC[C@@H]([C@@H](C)OCc1ccccc1)n1ncn(-c2ccc(N3CCN(c4ccc(OC(C)=O)cc4)CC3)cc2)c1=O. The van der Waals surface area contributed by atoms with Crippen LogP contribution < -0.4 is 20.2 Å². The quantitative estimate of drug-likeness (QED) is 0.205. The third-order valence-corrected chi connectivity index (χ3v) is 7.56. The first-order valence-corrected chi connectivity index (χ1v) is 14.1. The number of nitrogens with zero attached hydrogens (tertiary/aromatic N) is 5. The van der Waals surface area contributed by atoms with Crippen LogP contribution in [0.5, 0.6) is 5.75 Å². The van der Waals surface area contributed by atoms with Gasteiger partial charge in [-0.3, -0.25) is 4.79 Å². The minimum absolute atomic E-state index is 0.166. The van der Waals surface area contributed by atoms with Crippen molar-refractivity contribution in [3.63, 3.8) is 0 Å². The molecule has 0 saturated carbocycles. The number of ether oxygens (including phenoxy) is 2. The number of aromatic nitrogens is 3. The molecule has 4 aromatic rings. The first kappa shape index (κ1) is 28.2. The molecule has 41 heavy (non-hydrogen) atoms. The minimum Gasteiger partial charge on any atom is -0.427 e. The van der Waals surface area contributed by atoms with Crippen LogP contribution in [0.2, 0.25) is 0 Å². The first-order chi connectivity index (χ1) is 19.9. The number of benzene rings is 3. The van der Waals surface area contributed by atoms with Gasteiger partial charge in [0.1, 0.15) is 12.1 Å². The predicted molar refractivity (Wildman–Crippen MR) is 160 cm³/mol. The lowest BCUT2D eigenvalue weighted by molar-refractivity contribution is -0.131. The normalized spacial score (nSPS) is 15.0. The van der Waals surface area contributed by atoms with E-state index in [1.54, 1.807) is 15.6 Å². The highest BCUT2D eigenvalue weighted by atomic mass is 16.5. The predicted octanol–water partition coefficient (Wildman–Crippen LogP) is 4.84. The second-order valence-corrected chi connectivity index (χ2v) is 10.3. The molecule has 5 rings (SSSR count). The van der Waals surface area contributed by atoms with Crippen molar-refractivity contribution < 1.29 is 14.3 Å². The Bertz CT molecular complexity index is 1470. The molecule has 1 aliphatic heterocycles. The van der Waals surface area contributed by atoms with E-state index in [4.69, 9.17) is 9.47 Å². The van der Waals surface area contributed by atoms with Crippen LogP contribution in [0.4, 0.5) is 11.4 Å². The minimum atomic E-state index is -0.319. The summed E-state index contributed by atoms with van der Waals surface area (Å²) in [6, 6.07) is 25.6. The zero-order valence-corrected chi connectivity index (χ0v) is 23.8. The molecule has 0 unspecified atom stereocenters. The van der Waals surface area contributed by atoms with Crippen LogP contribution in [0.1, 0.15) is 38.8 Å². The molecule has 2 heterocycles. The molecular weight excluding hydrogens is 518 g/mol. The van der Waals surface area contributed by atoms with Crippen molar-refractivity contribution in [3.8, 4) is 11.4 Å². The van der Waals surface area contributed by atoms with E-state index in [2.05, 4.69) is 27.0 Å². The fourth-order valence-electron chi connectivity index (χ4n) is 5.28. The first-order valence-electron chi connectivity index (χ1n) is 14.1. The Morgan fingerprint density at radius 2 is 1.41 bits per heavy atom. The van der Waals surface area contributed by atoms with Crippen LogP contribution >= 0.6 is 0 Å². The summed E-state index contributed by atoms with van der Waals surface area (Å²) >= 11 is 0. The molecule has 1 fully saturated rings. The average molecular weight is 556 g/mol. The zero-order chi connectivity index (χ0) is 28.8. The second kappa shape index (κ2) is 12.9. The lowest BCUT2D eigenvalue weighted by Gasteiger charge is -2.37. The van der Waals surface area contributed by atoms with Crippen LogP contribution in [-0.4, -0.2) is 52.6 Å². The Hall–Kier alpha value is -4.37. The van der Waals surface area contributed by atoms with Gasteiger partial charge in [-0.25, -0.2) is 14.0 Å². The number of carbonyl (C=O) groups excluding carboxylic acids is 1. The maximum absolute atomic E-state index is 13.3. The van der Waals surface area contributed by atoms with Crippen LogP contribution in [0.3, 0.4) is 0 Å². The Morgan fingerprint density at radius 1 is 0.854 bits per heavy atom. The topological polar surface area (TPSA) is 81.8 Å². The van der Waals surface area contributed by atoms with Crippen molar-refractivity contribution in [1.82, 2.24) is 14.3 Å². The molecule has 0 radical (unpaired) electrons. The van der Waals surface area contributed by atoms with E-state index in [-0.39, 0.29) is 23.8 Å². The summed E-state index contributed by atoms with van der Waals surface area (Å²) in [5.74, 6) is 0.237. The number of hydrogen-bond donors (Lipinski definition) is 0. The van der Waals surface area contributed by atoms with Crippen molar-refractivity contribution in [3.05, 3.63) is 101 Å². The van der Waals surface area contributed by atoms with E-state index in [1.165, 1.54) is 6.92 Å². The van der Waals surface area contributed by atoms with Crippen molar-refractivity contribution in [2.75, 3.05) is 36.0 Å². The summed E-state index contributed by atoms with van der Waals surface area (Å²) in [7, 11) is 0. The monoisotopic (exact) mass is 555 g/mol. The molecule has 0 bridgehead atoms. The molecule has 0 spiro atoms. The van der Waals surface area contributed by atoms with Crippen molar-refractivity contribution >= 4 is 17.3 Å². The van der Waals surface area contributed by atoms with Gasteiger partial charge >= 0.3 is 11.7 Å². The average Bonchev–Trinajstić information content (AvgIpc) is 3.38. The summed E-state index contributed by atoms with van der Waals surface area (Å²) in [4.78, 5) is 29.2. The van der Waals surface area contributed by atoms with Gasteiger partial charge < -0.3 is 19.3 Å². The number of esters is 1. The van der Waals surface area contributed by atoms with E-state index in [0.717, 1.165) is 55.2 Å². The highest BCUT2D eigenvalue weighted by molar-refractivity contribution is 5.69. The van der Waals surface area contributed by atoms with Crippen molar-refractivity contribution in [2.45, 2.75) is 45.9 Å². The lowest BCUT2D eigenvalue weighted by atomic mass is 10.1. The molecule has 9 heteroatoms. The molecule has 9 nitrogen and oxygen atoms in total. The van der Waals surface area contributed by atoms with Gasteiger partial charge in [-0.1, -0.05) is 37.3 Å². The van der Waals surface area contributed by atoms with Crippen LogP contribution in [0.25, 0.3) is 5.69 Å². The van der Waals surface area contributed by atoms with E-state index in [0.29, 0.717) is 12.4 Å². The molecule has 1 aromatic heterocycles. The number of anilines is 2. The van der Waals surface area contributed by atoms with Gasteiger partial charge in [-0.2, -0.15) is 5.10 Å². The second-order valence-electron chi connectivity index (χ2n) is 10.3. The molecule has 0 aliphatic carbocycles. The van der Waals surface area contributed by atoms with E-state index >= 15 is 0 Å². The lowest BCUT2D eigenvalue weighted by Crippen LogP contribution is -2.46. The smallest absolute Gasteiger partial charge is 0.350 e. The molecule has 1 aliphatic rings. The standard InChI is InChI=1S/C32H37N5O4/c1-4-31(24(2)40-22-26-8-6-5-7-9-26)37-32(39)36(23-33-37)29-12-10-27(11-13-29)34-18-20-35(21-19-34)28-14-16-30(17-15-28)41-25(3)38/h5-17,23-24,31H,4,18-22H2,1-3H3/t24-,31+/m1/s1. The van der Waals surface area contributed by atoms with E-state index < -0.39 is 0 Å². The van der Waals surface area contributed by atoms with Gasteiger partial charge in [0, 0.05) is 44.5 Å². The Morgan fingerprint density at radius 3 is 1.98 bits per heavy atom. The molecule has 214 valence electrons. The van der Waals surface area contributed by atoms with Gasteiger partial charge in [0.25, 0.3) is 0 Å². The van der Waals surface area contributed by atoms with Crippen LogP contribution in [-0.2, 0) is 16.1 Å². The highest BCUT2D eigenvalue weighted by Crippen LogP contribution is 2.24. The van der Waals surface area contributed by atoms with Gasteiger partial charge in [0.2, 0.25) is 0 Å². The number of carbonyl (C=O) groups is 1. The van der Waals surface area contributed by atoms with Gasteiger partial charge in [0.15, 0.2) is 0 Å². The maximum atomic E-state index is 13.3. The summed E-state index contributed by atoms with van der Waals surface area (Å²) in [5.41, 5.74) is 3.94. The summed E-state index contributed by atoms with van der Waals surface area (Å²) in [6.07, 6.45) is 2.15.